The molecule has 0 saturated heterocycles. The van der Waals surface area contributed by atoms with E-state index in [1.165, 1.54) is 6.07 Å². The summed E-state index contributed by atoms with van der Waals surface area (Å²) in [6, 6.07) is 16.1. The zero-order valence-electron chi connectivity index (χ0n) is 14.4. The molecular formula is C19H17N5O2. The molecule has 26 heavy (non-hydrogen) atoms. The van der Waals surface area contributed by atoms with E-state index < -0.39 is 4.92 Å². The zero-order valence-corrected chi connectivity index (χ0v) is 14.4. The minimum absolute atomic E-state index is 0.116. The second-order valence-electron chi connectivity index (χ2n) is 5.85. The molecule has 2 aromatic carbocycles. The number of nitrogens with one attached hydrogen (secondary N) is 1. The van der Waals surface area contributed by atoms with E-state index in [9.17, 15) is 10.1 Å². The molecule has 0 amide bonds. The van der Waals surface area contributed by atoms with Crippen molar-refractivity contribution in [2.75, 3.05) is 5.32 Å². The third kappa shape index (κ3) is 3.26. The first kappa shape index (κ1) is 17.2. The van der Waals surface area contributed by atoms with Crippen molar-refractivity contribution >= 4 is 11.4 Å². The average molecular weight is 347 g/mol. The van der Waals surface area contributed by atoms with Gasteiger partial charge in [-0.05, 0) is 38.1 Å². The van der Waals surface area contributed by atoms with Crippen LogP contribution in [0.3, 0.4) is 0 Å². The van der Waals surface area contributed by atoms with Gasteiger partial charge in [-0.1, -0.05) is 18.2 Å². The maximum atomic E-state index is 11.3. The van der Waals surface area contributed by atoms with Crippen LogP contribution in [-0.4, -0.2) is 14.7 Å². The lowest BCUT2D eigenvalue weighted by Crippen LogP contribution is -2.05. The molecule has 0 fully saturated rings. The molecule has 0 aliphatic carbocycles. The highest BCUT2D eigenvalue weighted by atomic mass is 16.6. The summed E-state index contributed by atoms with van der Waals surface area (Å²) in [5.41, 5.74) is 4.28. The van der Waals surface area contributed by atoms with E-state index >= 15 is 0 Å². The fourth-order valence-corrected chi connectivity index (χ4v) is 2.84. The van der Waals surface area contributed by atoms with Gasteiger partial charge in [-0.2, -0.15) is 10.4 Å². The molecule has 0 bridgehead atoms. The third-order valence-corrected chi connectivity index (χ3v) is 4.22. The fraction of sp³-hybridized carbons (Fsp3) is 0.158. The van der Waals surface area contributed by atoms with Crippen molar-refractivity contribution in [3.05, 3.63) is 81.2 Å². The maximum Gasteiger partial charge on any atom is 0.293 e. The number of anilines is 1. The molecule has 0 aliphatic rings. The number of nitro benzene ring substituents is 1. The number of nitro groups is 1. The molecule has 3 aromatic rings. The molecule has 1 aromatic heterocycles. The lowest BCUT2D eigenvalue weighted by atomic mass is 10.1. The Hall–Kier alpha value is -3.66. The van der Waals surface area contributed by atoms with E-state index in [0.717, 1.165) is 22.6 Å². The second kappa shape index (κ2) is 7.07. The van der Waals surface area contributed by atoms with Crippen LogP contribution in [0.5, 0.6) is 0 Å². The Morgan fingerprint density at radius 2 is 1.96 bits per heavy atom. The van der Waals surface area contributed by atoms with Crippen LogP contribution in [0, 0.1) is 35.3 Å². The Balaban J connectivity index is 1.89. The van der Waals surface area contributed by atoms with Gasteiger partial charge in [0.2, 0.25) is 0 Å². The quantitative estimate of drug-likeness (QED) is 0.558. The van der Waals surface area contributed by atoms with Crippen molar-refractivity contribution in [3.63, 3.8) is 0 Å². The van der Waals surface area contributed by atoms with E-state index in [1.54, 1.807) is 12.1 Å². The average Bonchev–Trinajstić information content (AvgIpc) is 2.94. The Kier molecular flexibility index (Phi) is 4.67. The van der Waals surface area contributed by atoms with Crippen molar-refractivity contribution < 1.29 is 4.92 Å². The summed E-state index contributed by atoms with van der Waals surface area (Å²) < 4.78 is 1.86. The van der Waals surface area contributed by atoms with Crippen molar-refractivity contribution in [2.24, 2.45) is 0 Å². The number of hydrogen-bond donors (Lipinski definition) is 1. The molecule has 0 aliphatic heterocycles. The van der Waals surface area contributed by atoms with Gasteiger partial charge in [0.1, 0.15) is 5.69 Å². The Morgan fingerprint density at radius 3 is 2.62 bits per heavy atom. The molecule has 130 valence electrons. The molecule has 0 radical (unpaired) electrons. The standard InChI is InChI=1S/C19H17N5O2/c1-13-17(14(2)23(22-13)16-6-4-3-5-7-16)12-21-18-9-8-15(11-20)10-19(18)24(25)26/h3-10,21H,12H2,1-2H3. The minimum atomic E-state index is -0.490. The predicted molar refractivity (Wildman–Crippen MR) is 98.2 cm³/mol. The Bertz CT molecular complexity index is 1000. The first-order valence-electron chi connectivity index (χ1n) is 8.04. The van der Waals surface area contributed by atoms with Crippen LogP contribution in [0.4, 0.5) is 11.4 Å². The number of rotatable bonds is 5. The van der Waals surface area contributed by atoms with Crippen LogP contribution in [0.15, 0.2) is 48.5 Å². The highest BCUT2D eigenvalue weighted by Crippen LogP contribution is 2.27. The lowest BCUT2D eigenvalue weighted by Gasteiger charge is -2.09. The van der Waals surface area contributed by atoms with E-state index in [1.807, 2.05) is 54.9 Å². The van der Waals surface area contributed by atoms with Gasteiger partial charge >= 0.3 is 0 Å². The van der Waals surface area contributed by atoms with Gasteiger partial charge in [0, 0.05) is 23.9 Å². The SMILES string of the molecule is Cc1nn(-c2ccccc2)c(C)c1CNc1ccc(C#N)cc1[N+](=O)[O-]. The molecule has 0 saturated carbocycles. The van der Waals surface area contributed by atoms with Gasteiger partial charge < -0.3 is 5.32 Å². The summed E-state index contributed by atoms with van der Waals surface area (Å²) in [5, 5.41) is 27.9. The summed E-state index contributed by atoms with van der Waals surface area (Å²) in [7, 11) is 0. The molecule has 0 spiro atoms. The van der Waals surface area contributed by atoms with Crippen LogP contribution < -0.4 is 5.32 Å². The summed E-state index contributed by atoms with van der Waals surface area (Å²) in [5.74, 6) is 0. The van der Waals surface area contributed by atoms with Gasteiger partial charge in [0.25, 0.3) is 5.69 Å². The van der Waals surface area contributed by atoms with Crippen molar-refractivity contribution in [1.82, 2.24) is 9.78 Å². The van der Waals surface area contributed by atoms with Gasteiger partial charge in [-0.3, -0.25) is 10.1 Å². The normalized spacial score (nSPS) is 10.3. The third-order valence-electron chi connectivity index (χ3n) is 4.22. The van der Waals surface area contributed by atoms with Crippen molar-refractivity contribution in [3.8, 4) is 11.8 Å². The molecule has 0 unspecified atom stereocenters. The predicted octanol–water partition coefficient (Wildman–Crippen LogP) is 3.88. The number of aryl methyl sites for hydroxylation is 1. The minimum Gasteiger partial charge on any atom is -0.375 e. The Labute approximate surface area is 150 Å². The van der Waals surface area contributed by atoms with E-state index in [4.69, 9.17) is 5.26 Å². The van der Waals surface area contributed by atoms with Crippen LogP contribution in [0.1, 0.15) is 22.5 Å². The lowest BCUT2D eigenvalue weighted by molar-refractivity contribution is -0.384. The molecule has 0 atom stereocenters. The van der Waals surface area contributed by atoms with Gasteiger partial charge in [-0.25, -0.2) is 4.68 Å². The van der Waals surface area contributed by atoms with Crippen LogP contribution in [-0.2, 0) is 6.54 Å². The molecule has 3 rings (SSSR count). The summed E-state index contributed by atoms with van der Waals surface area (Å²) in [4.78, 5) is 10.8. The highest BCUT2D eigenvalue weighted by Gasteiger charge is 2.17. The second-order valence-corrected chi connectivity index (χ2v) is 5.85. The largest absolute Gasteiger partial charge is 0.375 e. The van der Waals surface area contributed by atoms with Crippen LogP contribution >= 0.6 is 0 Å². The molecule has 7 heteroatoms. The van der Waals surface area contributed by atoms with Crippen molar-refractivity contribution in [2.45, 2.75) is 20.4 Å². The van der Waals surface area contributed by atoms with Crippen molar-refractivity contribution in [1.29, 1.82) is 5.26 Å². The van der Waals surface area contributed by atoms with Crippen LogP contribution in [0.2, 0.25) is 0 Å². The monoisotopic (exact) mass is 347 g/mol. The topological polar surface area (TPSA) is 96.8 Å². The molecule has 7 nitrogen and oxygen atoms in total. The van der Waals surface area contributed by atoms with E-state index in [0.29, 0.717) is 12.2 Å². The summed E-state index contributed by atoms with van der Waals surface area (Å²) in [6.07, 6.45) is 0. The molecule has 1 N–H and O–H groups in total. The zero-order chi connectivity index (χ0) is 18.7. The van der Waals surface area contributed by atoms with Gasteiger partial charge in [0.15, 0.2) is 0 Å². The first-order valence-corrected chi connectivity index (χ1v) is 8.04. The Morgan fingerprint density at radius 1 is 1.23 bits per heavy atom. The smallest absolute Gasteiger partial charge is 0.293 e. The highest BCUT2D eigenvalue weighted by molar-refractivity contribution is 5.64. The number of para-hydroxylation sites is 1. The van der Waals surface area contributed by atoms with E-state index in [2.05, 4.69) is 10.4 Å². The van der Waals surface area contributed by atoms with Gasteiger partial charge in [-0.15, -0.1) is 0 Å². The molecular weight excluding hydrogens is 330 g/mol. The summed E-state index contributed by atoms with van der Waals surface area (Å²) >= 11 is 0. The number of nitriles is 1. The van der Waals surface area contributed by atoms with Gasteiger partial charge in [0.05, 0.1) is 27.9 Å². The number of aromatic nitrogens is 2. The maximum absolute atomic E-state index is 11.3. The fourth-order valence-electron chi connectivity index (χ4n) is 2.84. The first-order chi connectivity index (χ1) is 12.5. The number of benzene rings is 2. The number of hydrogen-bond acceptors (Lipinski definition) is 5. The molecule has 1 heterocycles. The van der Waals surface area contributed by atoms with E-state index in [-0.39, 0.29) is 11.3 Å². The summed E-state index contributed by atoms with van der Waals surface area (Å²) in [6.45, 7) is 4.28. The van der Waals surface area contributed by atoms with Crippen LogP contribution in [0.25, 0.3) is 5.69 Å². The number of nitrogens with zero attached hydrogens (tertiary/aromatic N) is 4.